The first-order valence-electron chi connectivity index (χ1n) is 12.4. The molecule has 4 N–H and O–H groups in total. The number of anilines is 1. The first kappa shape index (κ1) is 27.0. The zero-order valence-corrected chi connectivity index (χ0v) is 21.2. The van der Waals surface area contributed by atoms with Crippen molar-refractivity contribution in [2.45, 2.75) is 39.7 Å². The molecule has 0 saturated carbocycles. The molecule has 3 amide bonds. The van der Waals surface area contributed by atoms with Crippen molar-refractivity contribution >= 4 is 23.4 Å². The summed E-state index contributed by atoms with van der Waals surface area (Å²) in [7, 11) is 0. The highest BCUT2D eigenvalue weighted by atomic mass is 16.5. The maximum Gasteiger partial charge on any atom is 0.248 e. The minimum absolute atomic E-state index is 0.106. The number of amides is 3. The SMILES string of the molecule is CCN(CCC(=O)Nc1ccc(C(N)=O)cc1)CC(=O)N[C@H](c1ccc2c(c1)OCCCO2)C(C)C. The number of nitrogens with one attached hydrogen (secondary N) is 2. The van der Waals surface area contributed by atoms with Crippen LogP contribution in [0.2, 0.25) is 0 Å². The predicted molar refractivity (Wildman–Crippen MR) is 138 cm³/mol. The lowest BCUT2D eigenvalue weighted by Crippen LogP contribution is -2.41. The van der Waals surface area contributed by atoms with E-state index in [1.807, 2.05) is 30.0 Å². The zero-order valence-electron chi connectivity index (χ0n) is 21.2. The van der Waals surface area contributed by atoms with Crippen LogP contribution < -0.4 is 25.8 Å². The topological polar surface area (TPSA) is 123 Å². The van der Waals surface area contributed by atoms with E-state index < -0.39 is 5.91 Å². The Morgan fingerprint density at radius 1 is 1.00 bits per heavy atom. The molecule has 0 radical (unpaired) electrons. The number of rotatable bonds is 11. The molecular formula is C27H36N4O5. The molecule has 0 fully saturated rings. The molecule has 0 aromatic heterocycles. The maximum absolute atomic E-state index is 12.9. The van der Waals surface area contributed by atoms with Gasteiger partial charge in [0.1, 0.15) is 0 Å². The number of nitrogens with two attached hydrogens (primary N) is 1. The van der Waals surface area contributed by atoms with Crippen LogP contribution in [0.1, 0.15) is 55.6 Å². The molecule has 0 aliphatic carbocycles. The molecule has 1 aliphatic heterocycles. The molecule has 0 spiro atoms. The normalized spacial score (nSPS) is 13.7. The summed E-state index contributed by atoms with van der Waals surface area (Å²) in [5.41, 5.74) is 7.16. The Morgan fingerprint density at radius 2 is 1.69 bits per heavy atom. The molecule has 1 aliphatic rings. The molecule has 3 rings (SSSR count). The molecular weight excluding hydrogens is 460 g/mol. The Balaban J connectivity index is 1.53. The van der Waals surface area contributed by atoms with Gasteiger partial charge in [-0.25, -0.2) is 0 Å². The van der Waals surface area contributed by atoms with Crippen molar-refractivity contribution in [2.24, 2.45) is 11.7 Å². The smallest absolute Gasteiger partial charge is 0.248 e. The summed E-state index contributed by atoms with van der Waals surface area (Å²) in [4.78, 5) is 38.4. The molecule has 1 atom stereocenters. The maximum atomic E-state index is 12.9. The standard InChI is InChI=1S/C27H36N4O5/c1-4-31(13-12-24(32)29-21-9-6-19(7-10-21)27(28)34)17-25(33)30-26(18(2)3)20-8-11-22-23(16-20)36-15-5-14-35-22/h6-11,16,18,26H,4-5,12-15,17H2,1-3H3,(H2,28,34)(H,29,32)(H,30,33)/t26-/m0/s1. The van der Waals surface area contributed by atoms with Crippen molar-refractivity contribution in [1.82, 2.24) is 10.2 Å². The highest BCUT2D eigenvalue weighted by Gasteiger charge is 2.22. The number of primary amides is 1. The summed E-state index contributed by atoms with van der Waals surface area (Å²) in [6, 6.07) is 12.0. The van der Waals surface area contributed by atoms with Crippen molar-refractivity contribution in [2.75, 3.05) is 38.2 Å². The molecule has 36 heavy (non-hydrogen) atoms. The fourth-order valence-electron chi connectivity index (χ4n) is 3.98. The fourth-order valence-corrected chi connectivity index (χ4v) is 3.98. The van der Waals surface area contributed by atoms with E-state index >= 15 is 0 Å². The highest BCUT2D eigenvalue weighted by molar-refractivity contribution is 5.94. The van der Waals surface area contributed by atoms with Gasteiger partial charge < -0.3 is 25.8 Å². The number of benzene rings is 2. The number of carbonyl (C=O) groups excluding carboxylic acids is 3. The summed E-state index contributed by atoms with van der Waals surface area (Å²) < 4.78 is 11.5. The van der Waals surface area contributed by atoms with Crippen LogP contribution in [0.4, 0.5) is 5.69 Å². The van der Waals surface area contributed by atoms with Crippen LogP contribution in [0.15, 0.2) is 42.5 Å². The number of fused-ring (bicyclic) bond motifs is 1. The summed E-state index contributed by atoms with van der Waals surface area (Å²) in [5, 5.41) is 5.95. The quantitative estimate of drug-likeness (QED) is 0.439. The van der Waals surface area contributed by atoms with Gasteiger partial charge in [0.25, 0.3) is 0 Å². The van der Waals surface area contributed by atoms with Crippen LogP contribution in [0, 0.1) is 5.92 Å². The second-order valence-corrected chi connectivity index (χ2v) is 9.15. The highest BCUT2D eigenvalue weighted by Crippen LogP contribution is 2.34. The van der Waals surface area contributed by atoms with E-state index in [1.54, 1.807) is 24.3 Å². The minimum atomic E-state index is -0.520. The third kappa shape index (κ3) is 7.71. The van der Waals surface area contributed by atoms with Crippen LogP contribution in [0.25, 0.3) is 0 Å². The van der Waals surface area contributed by atoms with Crippen molar-refractivity contribution < 1.29 is 23.9 Å². The number of ether oxygens (including phenoxy) is 2. The van der Waals surface area contributed by atoms with Gasteiger partial charge in [-0.1, -0.05) is 26.8 Å². The van der Waals surface area contributed by atoms with Gasteiger partial charge in [-0.05, 0) is 54.4 Å². The lowest BCUT2D eigenvalue weighted by Gasteiger charge is -2.26. The summed E-state index contributed by atoms with van der Waals surface area (Å²) in [5.74, 6) is 0.798. The molecule has 9 heteroatoms. The molecule has 2 aromatic rings. The number of hydrogen-bond acceptors (Lipinski definition) is 6. The molecule has 194 valence electrons. The average molecular weight is 497 g/mol. The van der Waals surface area contributed by atoms with Gasteiger partial charge in [-0.3, -0.25) is 19.3 Å². The minimum Gasteiger partial charge on any atom is -0.490 e. The third-order valence-electron chi connectivity index (χ3n) is 6.04. The van der Waals surface area contributed by atoms with Crippen LogP contribution in [0.5, 0.6) is 11.5 Å². The van der Waals surface area contributed by atoms with E-state index in [1.165, 1.54) is 0 Å². The Morgan fingerprint density at radius 3 is 2.33 bits per heavy atom. The fraction of sp³-hybridized carbons (Fsp3) is 0.444. The van der Waals surface area contributed by atoms with Gasteiger partial charge >= 0.3 is 0 Å². The van der Waals surface area contributed by atoms with Gasteiger partial charge in [0.15, 0.2) is 11.5 Å². The van der Waals surface area contributed by atoms with Gasteiger partial charge in [-0.15, -0.1) is 0 Å². The second kappa shape index (κ2) is 12.9. The van der Waals surface area contributed by atoms with Crippen molar-refractivity contribution in [1.29, 1.82) is 0 Å². The van der Waals surface area contributed by atoms with Crippen molar-refractivity contribution in [3.63, 3.8) is 0 Å². The van der Waals surface area contributed by atoms with E-state index in [0.29, 0.717) is 43.3 Å². The van der Waals surface area contributed by atoms with Crippen LogP contribution >= 0.6 is 0 Å². The van der Waals surface area contributed by atoms with E-state index in [-0.39, 0.29) is 36.7 Å². The second-order valence-electron chi connectivity index (χ2n) is 9.15. The Kier molecular flexibility index (Phi) is 9.69. The van der Waals surface area contributed by atoms with Crippen molar-refractivity contribution in [3.05, 3.63) is 53.6 Å². The summed E-state index contributed by atoms with van der Waals surface area (Å²) in [6.45, 7) is 8.56. The van der Waals surface area contributed by atoms with Crippen LogP contribution in [-0.2, 0) is 9.59 Å². The van der Waals surface area contributed by atoms with Gasteiger partial charge in [0.2, 0.25) is 17.7 Å². The zero-order chi connectivity index (χ0) is 26.1. The molecule has 2 aromatic carbocycles. The summed E-state index contributed by atoms with van der Waals surface area (Å²) in [6.07, 6.45) is 1.06. The van der Waals surface area contributed by atoms with Crippen molar-refractivity contribution in [3.8, 4) is 11.5 Å². The van der Waals surface area contributed by atoms with E-state index in [0.717, 1.165) is 17.7 Å². The summed E-state index contributed by atoms with van der Waals surface area (Å²) >= 11 is 0. The third-order valence-corrected chi connectivity index (χ3v) is 6.04. The van der Waals surface area contributed by atoms with E-state index in [9.17, 15) is 14.4 Å². The van der Waals surface area contributed by atoms with E-state index in [2.05, 4.69) is 24.5 Å². The number of nitrogens with zero attached hydrogens (tertiary/aromatic N) is 1. The average Bonchev–Trinajstić information content (AvgIpc) is 3.10. The largest absolute Gasteiger partial charge is 0.490 e. The van der Waals surface area contributed by atoms with Gasteiger partial charge in [-0.2, -0.15) is 0 Å². The molecule has 0 unspecified atom stereocenters. The van der Waals surface area contributed by atoms with Crippen LogP contribution in [-0.4, -0.2) is 55.5 Å². The van der Waals surface area contributed by atoms with Gasteiger partial charge in [0.05, 0.1) is 25.8 Å². The van der Waals surface area contributed by atoms with Gasteiger partial charge in [0, 0.05) is 30.6 Å². The Hall–Kier alpha value is -3.59. The molecule has 9 nitrogen and oxygen atoms in total. The van der Waals surface area contributed by atoms with Crippen LogP contribution in [0.3, 0.4) is 0 Å². The number of likely N-dealkylation sites (N-methyl/N-ethyl adjacent to an activating group) is 1. The Bertz CT molecular complexity index is 1050. The predicted octanol–water partition coefficient (Wildman–Crippen LogP) is 3.11. The monoisotopic (exact) mass is 496 g/mol. The molecule has 0 bridgehead atoms. The molecule has 0 saturated heterocycles. The Labute approximate surface area is 212 Å². The first-order valence-corrected chi connectivity index (χ1v) is 12.4. The lowest BCUT2D eigenvalue weighted by atomic mass is 9.95. The number of carbonyl (C=O) groups is 3. The van der Waals surface area contributed by atoms with E-state index in [4.69, 9.17) is 15.2 Å². The lowest BCUT2D eigenvalue weighted by molar-refractivity contribution is -0.124. The molecule has 1 heterocycles. The number of hydrogen-bond donors (Lipinski definition) is 3. The first-order chi connectivity index (χ1) is 17.3.